The molecule has 0 radical (unpaired) electrons. The highest BCUT2D eigenvalue weighted by Crippen LogP contribution is 2.24. The summed E-state index contributed by atoms with van der Waals surface area (Å²) >= 11 is 0. The Morgan fingerprint density at radius 3 is 2.89 bits per heavy atom. The molecule has 2 fully saturated rings. The van der Waals surface area contributed by atoms with Crippen molar-refractivity contribution in [3.63, 3.8) is 0 Å². The van der Waals surface area contributed by atoms with E-state index in [0.717, 1.165) is 50.6 Å². The highest BCUT2D eigenvalue weighted by atomic mass is 16.5. The third-order valence-corrected chi connectivity index (χ3v) is 4.14. The maximum atomic E-state index is 5.42. The van der Waals surface area contributed by atoms with Crippen LogP contribution in [0.1, 0.15) is 36.9 Å². The second-order valence-electron chi connectivity index (χ2n) is 5.69. The Labute approximate surface area is 108 Å². The van der Waals surface area contributed by atoms with E-state index in [-0.39, 0.29) is 0 Å². The molecular weight excluding hydrogens is 228 g/mol. The van der Waals surface area contributed by atoms with Gasteiger partial charge in [-0.15, -0.1) is 0 Å². The summed E-state index contributed by atoms with van der Waals surface area (Å²) in [7, 11) is 2.17. The molecule has 1 atom stereocenters. The zero-order valence-electron chi connectivity index (χ0n) is 11.1. The van der Waals surface area contributed by atoms with Crippen molar-refractivity contribution in [3.05, 3.63) is 11.7 Å². The van der Waals surface area contributed by atoms with E-state index in [2.05, 4.69) is 27.4 Å². The van der Waals surface area contributed by atoms with Crippen molar-refractivity contribution >= 4 is 0 Å². The first kappa shape index (κ1) is 12.1. The highest BCUT2D eigenvalue weighted by molar-refractivity contribution is 4.98. The minimum absolute atomic E-state index is 0.495. The molecule has 1 N–H and O–H groups in total. The van der Waals surface area contributed by atoms with Crippen molar-refractivity contribution in [1.29, 1.82) is 0 Å². The number of aromatic nitrogens is 2. The fourth-order valence-electron chi connectivity index (χ4n) is 3.04. The summed E-state index contributed by atoms with van der Waals surface area (Å²) in [6.07, 6.45) is 4.46. The van der Waals surface area contributed by atoms with Gasteiger partial charge in [0, 0.05) is 18.9 Å². The molecule has 0 aromatic carbocycles. The summed E-state index contributed by atoms with van der Waals surface area (Å²) in [5, 5.41) is 7.54. The van der Waals surface area contributed by atoms with Crippen molar-refractivity contribution in [2.45, 2.75) is 31.6 Å². The smallest absolute Gasteiger partial charge is 0.226 e. The molecule has 2 aliphatic rings. The van der Waals surface area contributed by atoms with Crippen LogP contribution < -0.4 is 5.32 Å². The van der Waals surface area contributed by atoms with Gasteiger partial charge in [0.2, 0.25) is 5.89 Å². The quantitative estimate of drug-likeness (QED) is 0.868. The SMILES string of the molecule is CN1CCC(Cc2nc(C3CCNCC3)no2)C1. The molecule has 100 valence electrons. The third kappa shape index (κ3) is 2.72. The number of hydrogen-bond donors (Lipinski definition) is 1. The summed E-state index contributed by atoms with van der Waals surface area (Å²) in [6.45, 7) is 4.49. The van der Waals surface area contributed by atoms with Crippen LogP contribution in [0, 0.1) is 5.92 Å². The third-order valence-electron chi connectivity index (χ3n) is 4.14. The summed E-state index contributed by atoms with van der Waals surface area (Å²) < 4.78 is 5.42. The molecule has 0 amide bonds. The normalized spacial score (nSPS) is 26.8. The lowest BCUT2D eigenvalue weighted by molar-refractivity contribution is 0.336. The summed E-state index contributed by atoms with van der Waals surface area (Å²) in [4.78, 5) is 6.97. The van der Waals surface area contributed by atoms with Crippen molar-refractivity contribution in [2.75, 3.05) is 33.2 Å². The fourth-order valence-corrected chi connectivity index (χ4v) is 3.04. The molecular formula is C13H22N4O. The first-order chi connectivity index (χ1) is 8.81. The highest BCUT2D eigenvalue weighted by Gasteiger charge is 2.24. The lowest BCUT2D eigenvalue weighted by Crippen LogP contribution is -2.27. The van der Waals surface area contributed by atoms with Crippen LogP contribution in [0.5, 0.6) is 0 Å². The summed E-state index contributed by atoms with van der Waals surface area (Å²) in [6, 6.07) is 0. The van der Waals surface area contributed by atoms with Crippen molar-refractivity contribution < 1.29 is 4.52 Å². The predicted octanol–water partition coefficient (Wildman–Crippen LogP) is 1.03. The van der Waals surface area contributed by atoms with Gasteiger partial charge < -0.3 is 14.7 Å². The topological polar surface area (TPSA) is 54.2 Å². The molecule has 2 aliphatic heterocycles. The Morgan fingerprint density at radius 2 is 2.17 bits per heavy atom. The summed E-state index contributed by atoms with van der Waals surface area (Å²) in [5.74, 6) is 2.95. The molecule has 5 heteroatoms. The van der Waals surface area contributed by atoms with Crippen LogP contribution in [0.2, 0.25) is 0 Å². The number of hydrogen-bond acceptors (Lipinski definition) is 5. The Hall–Kier alpha value is -0.940. The van der Waals surface area contributed by atoms with Crippen LogP contribution >= 0.6 is 0 Å². The average molecular weight is 250 g/mol. The molecule has 1 aromatic rings. The maximum Gasteiger partial charge on any atom is 0.226 e. The van der Waals surface area contributed by atoms with Gasteiger partial charge in [0.1, 0.15) is 0 Å². The van der Waals surface area contributed by atoms with Gasteiger partial charge in [-0.1, -0.05) is 5.16 Å². The molecule has 1 unspecified atom stereocenters. The van der Waals surface area contributed by atoms with Crippen LogP contribution in [0.4, 0.5) is 0 Å². The molecule has 0 aliphatic carbocycles. The minimum atomic E-state index is 0.495. The minimum Gasteiger partial charge on any atom is -0.339 e. The van der Waals surface area contributed by atoms with Gasteiger partial charge in [0.15, 0.2) is 5.82 Å². The Bertz CT molecular complexity index is 386. The molecule has 0 saturated carbocycles. The van der Waals surface area contributed by atoms with E-state index in [0.29, 0.717) is 11.8 Å². The van der Waals surface area contributed by atoms with E-state index in [4.69, 9.17) is 4.52 Å². The number of nitrogens with one attached hydrogen (secondary N) is 1. The molecule has 0 bridgehead atoms. The standard InChI is InChI=1S/C13H22N4O/c1-17-7-4-10(9-17)8-12-15-13(16-18-12)11-2-5-14-6-3-11/h10-11,14H,2-9H2,1H3. The Kier molecular flexibility index (Phi) is 3.61. The molecule has 18 heavy (non-hydrogen) atoms. The second-order valence-corrected chi connectivity index (χ2v) is 5.69. The molecule has 0 spiro atoms. The van der Waals surface area contributed by atoms with Crippen LogP contribution in [0.15, 0.2) is 4.52 Å². The zero-order chi connectivity index (χ0) is 12.4. The molecule has 1 aromatic heterocycles. The van der Waals surface area contributed by atoms with Gasteiger partial charge >= 0.3 is 0 Å². The molecule has 2 saturated heterocycles. The zero-order valence-corrected chi connectivity index (χ0v) is 11.1. The van der Waals surface area contributed by atoms with Crippen molar-refractivity contribution in [2.24, 2.45) is 5.92 Å². The largest absolute Gasteiger partial charge is 0.339 e. The molecule has 3 rings (SSSR count). The molecule has 3 heterocycles. The van der Waals surface area contributed by atoms with Gasteiger partial charge in [0.25, 0.3) is 0 Å². The van der Waals surface area contributed by atoms with Crippen LogP contribution in [0.25, 0.3) is 0 Å². The number of nitrogens with zero attached hydrogens (tertiary/aromatic N) is 3. The Balaban J connectivity index is 1.59. The van der Waals surface area contributed by atoms with Crippen molar-refractivity contribution in [3.8, 4) is 0 Å². The van der Waals surface area contributed by atoms with E-state index in [1.165, 1.54) is 13.0 Å². The molecule has 5 nitrogen and oxygen atoms in total. The van der Waals surface area contributed by atoms with Crippen LogP contribution in [-0.2, 0) is 6.42 Å². The maximum absolute atomic E-state index is 5.42. The van der Waals surface area contributed by atoms with Crippen LogP contribution in [0.3, 0.4) is 0 Å². The number of likely N-dealkylation sites (tertiary alicyclic amines) is 1. The van der Waals surface area contributed by atoms with E-state index in [1.54, 1.807) is 0 Å². The van der Waals surface area contributed by atoms with Crippen LogP contribution in [-0.4, -0.2) is 48.3 Å². The Morgan fingerprint density at radius 1 is 1.33 bits per heavy atom. The first-order valence-electron chi connectivity index (χ1n) is 7.03. The van der Waals surface area contributed by atoms with E-state index < -0.39 is 0 Å². The van der Waals surface area contributed by atoms with E-state index in [1.807, 2.05) is 0 Å². The van der Waals surface area contributed by atoms with Crippen molar-refractivity contribution in [1.82, 2.24) is 20.4 Å². The number of rotatable bonds is 3. The van der Waals surface area contributed by atoms with Gasteiger partial charge in [0.05, 0.1) is 0 Å². The first-order valence-corrected chi connectivity index (χ1v) is 7.03. The fraction of sp³-hybridized carbons (Fsp3) is 0.846. The number of piperidine rings is 1. The lowest BCUT2D eigenvalue weighted by Gasteiger charge is -2.18. The average Bonchev–Trinajstić information content (AvgIpc) is 3.01. The van der Waals surface area contributed by atoms with E-state index >= 15 is 0 Å². The summed E-state index contributed by atoms with van der Waals surface area (Å²) in [5.41, 5.74) is 0. The predicted molar refractivity (Wildman–Crippen MR) is 68.5 cm³/mol. The van der Waals surface area contributed by atoms with Gasteiger partial charge in [-0.2, -0.15) is 4.98 Å². The van der Waals surface area contributed by atoms with Gasteiger partial charge in [-0.05, 0) is 51.9 Å². The van der Waals surface area contributed by atoms with Gasteiger partial charge in [-0.25, -0.2) is 0 Å². The second kappa shape index (κ2) is 5.36. The monoisotopic (exact) mass is 250 g/mol. The van der Waals surface area contributed by atoms with E-state index in [9.17, 15) is 0 Å². The lowest BCUT2D eigenvalue weighted by atomic mass is 9.97. The van der Waals surface area contributed by atoms with Gasteiger partial charge in [-0.3, -0.25) is 0 Å².